The average molecular weight is 423 g/mol. The minimum absolute atomic E-state index is 0.0216. The molecule has 3 nitrogen and oxygen atoms in total. The molecule has 1 aromatic heterocycles. The Morgan fingerprint density at radius 3 is 2.07 bits per heavy atom. The molecule has 148 valence electrons. The van der Waals surface area contributed by atoms with Crippen LogP contribution in [0.25, 0.3) is 11.5 Å². The zero-order valence-electron chi connectivity index (χ0n) is 16.6. The molecular weight excluding hydrogens is 400 g/mol. The van der Waals surface area contributed by atoms with Crippen molar-refractivity contribution in [1.29, 1.82) is 0 Å². The molecule has 2 aromatic carbocycles. The van der Waals surface area contributed by atoms with E-state index in [9.17, 15) is 5.11 Å². The Labute approximate surface area is 182 Å². The number of anilines is 1. The van der Waals surface area contributed by atoms with Gasteiger partial charge in [-0.1, -0.05) is 74.9 Å². The van der Waals surface area contributed by atoms with Crippen LogP contribution in [-0.2, 0) is 5.41 Å². The van der Waals surface area contributed by atoms with Crippen molar-refractivity contribution < 1.29 is 9.67 Å². The highest BCUT2D eigenvalue weighted by molar-refractivity contribution is 7.81. The maximum Gasteiger partial charge on any atom is 0.238 e. The highest BCUT2D eigenvalue weighted by Crippen LogP contribution is 2.24. The summed E-state index contributed by atoms with van der Waals surface area (Å²) >= 11 is 11.6. The molecule has 0 aliphatic rings. The molecule has 0 amide bonds. The fourth-order valence-electron chi connectivity index (χ4n) is 2.87. The van der Waals surface area contributed by atoms with Crippen LogP contribution in [0.4, 0.5) is 5.69 Å². The summed E-state index contributed by atoms with van der Waals surface area (Å²) in [6, 6.07) is 20.5. The second-order valence-electron chi connectivity index (χ2n) is 7.75. The number of pyridine rings is 1. The molecule has 1 heterocycles. The standard InChI is InChI=1S/C24H23ClN2OS/c1-24(2,3)18-9-7-17(8-10-18)22(28)21(27-15-5-4-6-16-27)23(29)26-20-13-11-19(25)12-14-20/h4-16H,1-3H3,(H-,26,28,29). The Kier molecular flexibility index (Phi) is 6.36. The molecule has 0 unspecified atom stereocenters. The number of aromatic nitrogens is 1. The minimum Gasteiger partial charge on any atom is -0.867 e. The van der Waals surface area contributed by atoms with Gasteiger partial charge < -0.3 is 10.4 Å². The summed E-state index contributed by atoms with van der Waals surface area (Å²) in [5.41, 5.74) is 2.94. The first kappa shape index (κ1) is 21.0. The Bertz CT molecular complexity index is 1020. The monoisotopic (exact) mass is 422 g/mol. The largest absolute Gasteiger partial charge is 0.867 e. The highest BCUT2D eigenvalue weighted by Gasteiger charge is 2.19. The first-order valence-electron chi connectivity index (χ1n) is 9.31. The number of benzene rings is 2. The van der Waals surface area contributed by atoms with Crippen molar-refractivity contribution in [2.24, 2.45) is 0 Å². The molecule has 3 rings (SSSR count). The number of nitrogens with one attached hydrogen (secondary N) is 1. The van der Waals surface area contributed by atoms with Gasteiger partial charge in [0.15, 0.2) is 17.4 Å². The lowest BCUT2D eigenvalue weighted by Gasteiger charge is -2.21. The molecule has 0 aliphatic carbocycles. The van der Waals surface area contributed by atoms with Crippen LogP contribution in [0.1, 0.15) is 31.9 Å². The maximum absolute atomic E-state index is 13.4. The van der Waals surface area contributed by atoms with Crippen molar-refractivity contribution in [1.82, 2.24) is 0 Å². The summed E-state index contributed by atoms with van der Waals surface area (Å²) in [5, 5.41) is 17.2. The van der Waals surface area contributed by atoms with Gasteiger partial charge in [-0.3, -0.25) is 0 Å². The highest BCUT2D eigenvalue weighted by atomic mass is 35.5. The molecule has 0 saturated carbocycles. The van der Waals surface area contributed by atoms with E-state index in [4.69, 9.17) is 23.8 Å². The topological polar surface area (TPSA) is 39.0 Å². The number of thiocarbonyl (C=S) groups is 1. The third-order valence-corrected chi connectivity index (χ3v) is 5.07. The molecular formula is C24H23ClN2OS. The Morgan fingerprint density at radius 2 is 1.52 bits per heavy atom. The number of halogens is 1. The molecule has 29 heavy (non-hydrogen) atoms. The molecule has 0 aliphatic heterocycles. The predicted octanol–water partition coefficient (Wildman–Crippen LogP) is 5.05. The molecule has 0 saturated heterocycles. The van der Waals surface area contributed by atoms with Crippen LogP contribution in [0.3, 0.4) is 0 Å². The van der Waals surface area contributed by atoms with E-state index in [0.29, 0.717) is 21.3 Å². The van der Waals surface area contributed by atoms with Crippen LogP contribution in [0.2, 0.25) is 5.02 Å². The Balaban J connectivity index is 2.02. The summed E-state index contributed by atoms with van der Waals surface area (Å²) in [4.78, 5) is 0.341. The van der Waals surface area contributed by atoms with Crippen LogP contribution < -0.4 is 15.0 Å². The van der Waals surface area contributed by atoms with E-state index in [-0.39, 0.29) is 11.2 Å². The summed E-state index contributed by atoms with van der Waals surface area (Å²) < 4.78 is 1.74. The van der Waals surface area contributed by atoms with Crippen molar-refractivity contribution in [3.8, 4) is 0 Å². The number of hydrogen-bond acceptors (Lipinski definition) is 2. The molecule has 3 aromatic rings. The van der Waals surface area contributed by atoms with E-state index < -0.39 is 0 Å². The number of nitrogens with zero attached hydrogens (tertiary/aromatic N) is 1. The van der Waals surface area contributed by atoms with Gasteiger partial charge in [-0.15, -0.1) is 0 Å². The van der Waals surface area contributed by atoms with E-state index in [0.717, 1.165) is 5.69 Å². The van der Waals surface area contributed by atoms with E-state index in [2.05, 4.69) is 26.1 Å². The average Bonchev–Trinajstić information content (AvgIpc) is 2.70. The molecule has 1 N–H and O–H groups in total. The van der Waals surface area contributed by atoms with Gasteiger partial charge in [-0.25, -0.2) is 0 Å². The van der Waals surface area contributed by atoms with Gasteiger partial charge in [-0.2, -0.15) is 4.57 Å². The first-order valence-corrected chi connectivity index (χ1v) is 10.1. The van der Waals surface area contributed by atoms with Gasteiger partial charge in [0, 0.05) is 22.8 Å². The van der Waals surface area contributed by atoms with Gasteiger partial charge in [-0.05, 0) is 46.6 Å². The quantitative estimate of drug-likeness (QED) is 0.277. The van der Waals surface area contributed by atoms with E-state index in [1.165, 1.54) is 5.56 Å². The van der Waals surface area contributed by atoms with Gasteiger partial charge in [0.2, 0.25) is 5.70 Å². The first-order chi connectivity index (χ1) is 13.8. The molecule has 0 atom stereocenters. The van der Waals surface area contributed by atoms with Crippen LogP contribution in [0.15, 0.2) is 79.1 Å². The van der Waals surface area contributed by atoms with Crippen LogP contribution in [0.5, 0.6) is 0 Å². The zero-order chi connectivity index (χ0) is 21.0. The van der Waals surface area contributed by atoms with Gasteiger partial charge in [0.1, 0.15) is 0 Å². The van der Waals surface area contributed by atoms with E-state index >= 15 is 0 Å². The van der Waals surface area contributed by atoms with E-state index in [1.807, 2.05) is 67.0 Å². The molecule has 0 spiro atoms. The van der Waals surface area contributed by atoms with Crippen LogP contribution >= 0.6 is 23.8 Å². The second kappa shape index (κ2) is 8.76. The third-order valence-electron chi connectivity index (χ3n) is 4.52. The summed E-state index contributed by atoms with van der Waals surface area (Å²) in [6.45, 7) is 6.44. The van der Waals surface area contributed by atoms with Gasteiger partial charge >= 0.3 is 0 Å². The van der Waals surface area contributed by atoms with Crippen LogP contribution in [0, 0.1) is 0 Å². The van der Waals surface area contributed by atoms with E-state index in [1.54, 1.807) is 16.7 Å². The van der Waals surface area contributed by atoms with Gasteiger partial charge in [0.25, 0.3) is 0 Å². The molecule has 0 radical (unpaired) electrons. The van der Waals surface area contributed by atoms with Crippen molar-refractivity contribution in [3.05, 3.63) is 95.3 Å². The Morgan fingerprint density at radius 1 is 0.931 bits per heavy atom. The van der Waals surface area contributed by atoms with Gasteiger partial charge in [0.05, 0.1) is 0 Å². The predicted molar refractivity (Wildman–Crippen MR) is 123 cm³/mol. The molecule has 0 fully saturated rings. The smallest absolute Gasteiger partial charge is 0.238 e. The van der Waals surface area contributed by atoms with Crippen molar-refractivity contribution in [3.63, 3.8) is 0 Å². The lowest BCUT2D eigenvalue weighted by molar-refractivity contribution is -0.577. The van der Waals surface area contributed by atoms with Crippen molar-refractivity contribution >= 4 is 46.0 Å². The molecule has 0 bridgehead atoms. The molecule has 5 heteroatoms. The SMILES string of the molecule is CC(C)(C)c1ccc(/C([O-])=C(/C(=S)Nc2ccc(Cl)cc2)[n+]2ccccc2)cc1. The number of hydrogen-bond donors (Lipinski definition) is 1. The van der Waals surface area contributed by atoms with Crippen molar-refractivity contribution in [2.45, 2.75) is 26.2 Å². The normalized spacial score (nSPS) is 12.3. The lowest BCUT2D eigenvalue weighted by Crippen LogP contribution is -2.39. The summed E-state index contributed by atoms with van der Waals surface area (Å²) in [5.74, 6) is -0.145. The fourth-order valence-corrected chi connectivity index (χ4v) is 3.31. The third kappa shape index (κ3) is 5.22. The minimum atomic E-state index is -0.145. The number of rotatable bonds is 4. The fraction of sp³-hybridized carbons (Fsp3) is 0.167. The summed E-state index contributed by atoms with van der Waals surface area (Å²) in [7, 11) is 0. The zero-order valence-corrected chi connectivity index (χ0v) is 18.2. The lowest BCUT2D eigenvalue weighted by atomic mass is 9.86. The Hall–Kier alpha value is -2.69. The summed E-state index contributed by atoms with van der Waals surface area (Å²) in [6.07, 6.45) is 3.62. The van der Waals surface area contributed by atoms with Crippen LogP contribution in [-0.4, -0.2) is 4.99 Å². The maximum atomic E-state index is 13.4. The second-order valence-corrected chi connectivity index (χ2v) is 8.59. The van der Waals surface area contributed by atoms with Crippen molar-refractivity contribution in [2.75, 3.05) is 5.32 Å².